The van der Waals surface area contributed by atoms with Crippen molar-refractivity contribution in [3.8, 4) is 0 Å². The van der Waals surface area contributed by atoms with E-state index >= 15 is 0 Å². The van der Waals surface area contributed by atoms with Gasteiger partial charge in [0, 0.05) is 35.9 Å². The molecule has 0 aliphatic heterocycles. The van der Waals surface area contributed by atoms with Gasteiger partial charge < -0.3 is 29.3 Å². The maximum Gasteiger partial charge on any atom is 2.00 e. The molecule has 148 valence electrons. The van der Waals surface area contributed by atoms with E-state index in [0.29, 0.717) is 13.2 Å². The van der Waals surface area contributed by atoms with Crippen LogP contribution in [-0.4, -0.2) is 82.6 Å². The molecule has 0 saturated carbocycles. The van der Waals surface area contributed by atoms with Gasteiger partial charge in [0.05, 0.1) is 13.2 Å². The van der Waals surface area contributed by atoms with Gasteiger partial charge in [-0.05, 0) is 12.8 Å². The number of carbonyl (C=O) groups is 4. The minimum Gasteiger partial charge on any atom is -0.550 e. The molecule has 0 unspecified atom stereocenters. The molecule has 0 spiro atoms. The van der Waals surface area contributed by atoms with Crippen molar-refractivity contribution in [2.24, 2.45) is 0 Å². The molecule has 0 saturated heterocycles. The Balaban J connectivity index is -0.000000411. The van der Waals surface area contributed by atoms with E-state index in [-0.39, 0.29) is 56.6 Å². The average molecular weight is 458 g/mol. The van der Waals surface area contributed by atoms with Crippen LogP contribution < -0.4 is 10.2 Å². The van der Waals surface area contributed by atoms with Crippen LogP contribution >= 0.6 is 0 Å². The third-order valence-corrected chi connectivity index (χ3v) is 2.75. The molecule has 27 heavy (non-hydrogen) atoms. The standard InChI is InChI=1S/2C9H14O4.Sr/c2*1-3-4-5-13-9(12)7(2)6-8(10)11;/h2*2-6H2,1H3,(H,10,11);/q;;+2/p-2. The molecule has 0 aromatic heterocycles. The van der Waals surface area contributed by atoms with Gasteiger partial charge in [-0.2, -0.15) is 0 Å². The molecular weight excluding hydrogens is 432 g/mol. The summed E-state index contributed by atoms with van der Waals surface area (Å²) in [6.07, 6.45) is 2.44. The van der Waals surface area contributed by atoms with Crippen molar-refractivity contribution in [3.63, 3.8) is 0 Å². The maximum absolute atomic E-state index is 10.9. The molecule has 0 aliphatic rings. The van der Waals surface area contributed by atoms with Gasteiger partial charge in [0.25, 0.3) is 0 Å². The first-order valence-electron chi connectivity index (χ1n) is 8.25. The molecule has 0 radical (unpaired) electrons. The fourth-order valence-corrected chi connectivity index (χ4v) is 1.32. The van der Waals surface area contributed by atoms with E-state index in [1.54, 1.807) is 0 Å². The molecule has 0 N–H and O–H groups in total. The van der Waals surface area contributed by atoms with Crippen molar-refractivity contribution in [2.45, 2.75) is 52.4 Å². The third kappa shape index (κ3) is 21.0. The van der Waals surface area contributed by atoms with Crippen LogP contribution in [0.3, 0.4) is 0 Å². The second-order valence-corrected chi connectivity index (χ2v) is 5.28. The topological polar surface area (TPSA) is 133 Å². The van der Waals surface area contributed by atoms with Gasteiger partial charge in [-0.1, -0.05) is 39.8 Å². The maximum atomic E-state index is 10.9. The van der Waals surface area contributed by atoms with Gasteiger partial charge in [-0.3, -0.25) is 0 Å². The molecule has 0 aromatic rings. The van der Waals surface area contributed by atoms with Gasteiger partial charge in [-0.15, -0.1) is 0 Å². The summed E-state index contributed by atoms with van der Waals surface area (Å²) in [4.78, 5) is 42.0. The number of unbranched alkanes of at least 4 members (excludes halogenated alkanes) is 2. The summed E-state index contributed by atoms with van der Waals surface area (Å²) in [5.41, 5.74) is -0.146. The minimum atomic E-state index is -1.32. The smallest absolute Gasteiger partial charge is 0.550 e. The number of ether oxygens (including phenoxy) is 2. The first kappa shape index (κ1) is 30.6. The van der Waals surface area contributed by atoms with E-state index in [2.05, 4.69) is 13.2 Å². The zero-order valence-electron chi connectivity index (χ0n) is 16.0. The zero-order chi connectivity index (χ0) is 20.5. The first-order chi connectivity index (χ1) is 12.1. The molecule has 0 aromatic carbocycles. The van der Waals surface area contributed by atoms with E-state index in [1.807, 2.05) is 13.8 Å². The fraction of sp³-hybridized carbons (Fsp3) is 0.556. The Morgan fingerprint density at radius 1 is 0.741 bits per heavy atom. The van der Waals surface area contributed by atoms with Crippen LogP contribution in [0.4, 0.5) is 0 Å². The van der Waals surface area contributed by atoms with E-state index in [9.17, 15) is 29.4 Å². The zero-order valence-corrected chi connectivity index (χ0v) is 19.5. The molecule has 9 heteroatoms. The van der Waals surface area contributed by atoms with E-state index in [1.165, 1.54) is 0 Å². The molecule has 0 rings (SSSR count). The summed E-state index contributed by atoms with van der Waals surface area (Å²) in [6.45, 7) is 11.1. The van der Waals surface area contributed by atoms with Gasteiger partial charge in [0.2, 0.25) is 0 Å². The quantitative estimate of drug-likeness (QED) is 0.168. The number of carboxylic acids is 2. The van der Waals surface area contributed by atoms with Crippen LogP contribution in [0.15, 0.2) is 24.3 Å². The van der Waals surface area contributed by atoms with E-state index in [0.717, 1.165) is 25.7 Å². The minimum absolute atomic E-state index is 0. The molecule has 0 fully saturated rings. The summed E-state index contributed by atoms with van der Waals surface area (Å²) in [5, 5.41) is 20.1. The third-order valence-electron chi connectivity index (χ3n) is 2.75. The van der Waals surface area contributed by atoms with Crippen LogP contribution in [0.25, 0.3) is 0 Å². The number of hydrogen-bond acceptors (Lipinski definition) is 8. The largest absolute Gasteiger partial charge is 2.00 e. The van der Waals surface area contributed by atoms with Crippen molar-refractivity contribution in [1.82, 2.24) is 0 Å². The molecule has 0 aliphatic carbocycles. The van der Waals surface area contributed by atoms with Crippen LogP contribution in [0, 0.1) is 0 Å². The monoisotopic (exact) mass is 458 g/mol. The van der Waals surface area contributed by atoms with Crippen molar-refractivity contribution in [1.29, 1.82) is 0 Å². The predicted octanol–water partition coefficient (Wildman–Crippen LogP) is -0.329. The Hall–Kier alpha value is -1.16. The Morgan fingerprint density at radius 3 is 1.26 bits per heavy atom. The SMILES string of the molecule is C=C(CC(=O)[O-])C(=O)OCCCC.C=C(CC(=O)[O-])C(=O)OCCCC.[Sr+2]. The van der Waals surface area contributed by atoms with Crippen LogP contribution in [-0.2, 0) is 28.7 Å². The average Bonchev–Trinajstić information content (AvgIpc) is 2.54. The summed E-state index contributed by atoms with van der Waals surface area (Å²) in [7, 11) is 0. The first-order valence-corrected chi connectivity index (χ1v) is 8.25. The fourth-order valence-electron chi connectivity index (χ4n) is 1.32. The normalized spacial score (nSPS) is 8.96. The van der Waals surface area contributed by atoms with Crippen molar-refractivity contribution < 1.29 is 38.9 Å². The number of aliphatic carboxylic acids is 2. The predicted molar refractivity (Wildman–Crippen MR) is 95.0 cm³/mol. The second-order valence-electron chi connectivity index (χ2n) is 5.28. The summed E-state index contributed by atoms with van der Waals surface area (Å²) in [5.74, 6) is -3.95. The van der Waals surface area contributed by atoms with E-state index in [4.69, 9.17) is 9.47 Å². The Bertz CT molecular complexity index is 467. The van der Waals surface area contributed by atoms with Gasteiger partial charge in [0.1, 0.15) is 0 Å². The van der Waals surface area contributed by atoms with Crippen LogP contribution in [0.2, 0.25) is 0 Å². The Kier molecular flexibility index (Phi) is 22.2. The molecule has 0 bridgehead atoms. The number of rotatable bonds is 12. The van der Waals surface area contributed by atoms with Crippen LogP contribution in [0.1, 0.15) is 52.4 Å². The number of carbonyl (C=O) groups excluding carboxylic acids is 4. The summed E-state index contributed by atoms with van der Waals surface area (Å²) in [6, 6.07) is 0. The van der Waals surface area contributed by atoms with Crippen LogP contribution in [0.5, 0.6) is 0 Å². The van der Waals surface area contributed by atoms with Gasteiger partial charge >= 0.3 is 57.4 Å². The van der Waals surface area contributed by atoms with Crippen molar-refractivity contribution in [3.05, 3.63) is 24.3 Å². The number of esters is 2. The number of carboxylic acid groups (broad SMARTS) is 2. The van der Waals surface area contributed by atoms with Crippen molar-refractivity contribution >= 4 is 69.4 Å². The summed E-state index contributed by atoms with van der Waals surface area (Å²) < 4.78 is 9.43. The Labute approximate surface area is 196 Å². The summed E-state index contributed by atoms with van der Waals surface area (Å²) >= 11 is 0. The van der Waals surface area contributed by atoms with Crippen molar-refractivity contribution in [2.75, 3.05) is 13.2 Å². The van der Waals surface area contributed by atoms with Gasteiger partial charge in [-0.25, -0.2) is 9.59 Å². The molecule has 0 atom stereocenters. The number of hydrogen-bond donors (Lipinski definition) is 0. The molecule has 0 heterocycles. The Morgan fingerprint density at radius 2 is 1.04 bits per heavy atom. The van der Waals surface area contributed by atoms with E-state index < -0.39 is 36.7 Å². The molecule has 0 amide bonds. The van der Waals surface area contributed by atoms with Gasteiger partial charge in [0.15, 0.2) is 0 Å². The molecule has 8 nitrogen and oxygen atoms in total. The molecular formula is C18H26O8Sr. The second kappa shape index (κ2) is 19.6.